The van der Waals surface area contributed by atoms with Gasteiger partial charge in [0.2, 0.25) is 0 Å². The summed E-state index contributed by atoms with van der Waals surface area (Å²) in [5.41, 5.74) is 0. The molecule has 1 rings (SSSR count). The summed E-state index contributed by atoms with van der Waals surface area (Å²) in [7, 11) is 0. The van der Waals surface area contributed by atoms with Crippen molar-refractivity contribution >= 4 is 24.4 Å². The number of benzene rings is 1. The third-order valence-corrected chi connectivity index (χ3v) is 3.48. The summed E-state index contributed by atoms with van der Waals surface area (Å²) >= 11 is 6.26. The second kappa shape index (κ2) is 4.83. The number of hydrogen-bond acceptors (Lipinski definition) is 2. The SMILES string of the molecule is CC(C)CSc1ccccc1S. The van der Waals surface area contributed by atoms with Crippen LogP contribution in [-0.4, -0.2) is 5.75 Å². The third-order valence-electron chi connectivity index (χ3n) is 1.44. The molecule has 2 heteroatoms. The maximum absolute atomic E-state index is 4.38. The van der Waals surface area contributed by atoms with Crippen molar-refractivity contribution in [3.05, 3.63) is 24.3 Å². The van der Waals surface area contributed by atoms with Crippen LogP contribution in [0.15, 0.2) is 34.1 Å². The van der Waals surface area contributed by atoms with Crippen molar-refractivity contribution in [2.75, 3.05) is 5.75 Å². The quantitative estimate of drug-likeness (QED) is 0.570. The Balaban J connectivity index is 2.57. The molecule has 0 unspecified atom stereocenters. The molecule has 0 heterocycles. The largest absolute Gasteiger partial charge is 0.142 e. The summed E-state index contributed by atoms with van der Waals surface area (Å²) in [5, 5.41) is 0. The van der Waals surface area contributed by atoms with Crippen LogP contribution in [0.1, 0.15) is 13.8 Å². The van der Waals surface area contributed by atoms with Crippen LogP contribution in [0.2, 0.25) is 0 Å². The van der Waals surface area contributed by atoms with E-state index >= 15 is 0 Å². The lowest BCUT2D eigenvalue weighted by Crippen LogP contribution is -1.90. The van der Waals surface area contributed by atoms with Crippen molar-refractivity contribution in [3.8, 4) is 0 Å². The predicted octanol–water partition coefficient (Wildman–Crippen LogP) is 3.72. The van der Waals surface area contributed by atoms with Gasteiger partial charge in [-0.25, -0.2) is 0 Å². The van der Waals surface area contributed by atoms with Crippen LogP contribution in [-0.2, 0) is 0 Å². The minimum Gasteiger partial charge on any atom is -0.142 e. The molecule has 0 bridgehead atoms. The van der Waals surface area contributed by atoms with E-state index < -0.39 is 0 Å². The highest BCUT2D eigenvalue weighted by molar-refractivity contribution is 7.99. The highest BCUT2D eigenvalue weighted by atomic mass is 32.2. The van der Waals surface area contributed by atoms with Gasteiger partial charge in [-0.1, -0.05) is 26.0 Å². The first-order valence-corrected chi connectivity index (χ1v) is 5.54. The van der Waals surface area contributed by atoms with Crippen LogP contribution >= 0.6 is 24.4 Å². The zero-order chi connectivity index (χ0) is 8.97. The van der Waals surface area contributed by atoms with Gasteiger partial charge in [0.05, 0.1) is 0 Å². The molecule has 12 heavy (non-hydrogen) atoms. The molecule has 0 aromatic heterocycles. The van der Waals surface area contributed by atoms with Crippen LogP contribution in [0.3, 0.4) is 0 Å². The molecule has 0 atom stereocenters. The monoisotopic (exact) mass is 198 g/mol. The van der Waals surface area contributed by atoms with E-state index in [-0.39, 0.29) is 0 Å². The maximum Gasteiger partial charge on any atom is 0.0205 e. The average Bonchev–Trinajstić information content (AvgIpc) is 2.03. The van der Waals surface area contributed by atoms with E-state index in [0.29, 0.717) is 0 Å². The summed E-state index contributed by atoms with van der Waals surface area (Å²) < 4.78 is 0. The first-order valence-electron chi connectivity index (χ1n) is 4.11. The Labute approximate surface area is 84.2 Å². The zero-order valence-corrected chi connectivity index (χ0v) is 9.16. The normalized spacial score (nSPS) is 10.7. The zero-order valence-electron chi connectivity index (χ0n) is 7.45. The summed E-state index contributed by atoms with van der Waals surface area (Å²) in [6.07, 6.45) is 0. The molecule has 0 nitrogen and oxygen atoms in total. The highest BCUT2D eigenvalue weighted by Gasteiger charge is 1.99. The van der Waals surface area contributed by atoms with E-state index in [2.05, 4.69) is 38.6 Å². The molecule has 0 aliphatic rings. The highest BCUT2D eigenvalue weighted by Crippen LogP contribution is 2.26. The molecule has 0 fully saturated rings. The Morgan fingerprint density at radius 3 is 2.58 bits per heavy atom. The van der Waals surface area contributed by atoms with Crippen molar-refractivity contribution in [1.82, 2.24) is 0 Å². The average molecular weight is 198 g/mol. The van der Waals surface area contributed by atoms with Gasteiger partial charge in [0, 0.05) is 15.5 Å². The fraction of sp³-hybridized carbons (Fsp3) is 0.400. The molecule has 1 aromatic rings. The first-order chi connectivity index (χ1) is 5.70. The summed E-state index contributed by atoms with van der Waals surface area (Å²) in [6, 6.07) is 8.23. The second-order valence-corrected chi connectivity index (χ2v) is 4.72. The summed E-state index contributed by atoms with van der Waals surface area (Å²) in [6.45, 7) is 4.46. The molecule has 0 saturated carbocycles. The molecular weight excluding hydrogens is 184 g/mol. The van der Waals surface area contributed by atoms with Crippen molar-refractivity contribution in [2.24, 2.45) is 5.92 Å². The van der Waals surface area contributed by atoms with Crippen LogP contribution in [0, 0.1) is 5.92 Å². The predicted molar refractivity (Wildman–Crippen MR) is 59.3 cm³/mol. The van der Waals surface area contributed by atoms with Gasteiger partial charge in [0.25, 0.3) is 0 Å². The molecule has 0 amide bonds. The lowest BCUT2D eigenvalue weighted by atomic mass is 10.3. The number of thiol groups is 1. The number of hydrogen-bond donors (Lipinski definition) is 1. The fourth-order valence-electron chi connectivity index (χ4n) is 0.836. The summed E-state index contributed by atoms with van der Waals surface area (Å²) in [4.78, 5) is 2.37. The Morgan fingerprint density at radius 1 is 1.33 bits per heavy atom. The Morgan fingerprint density at radius 2 is 2.00 bits per heavy atom. The Bertz CT molecular complexity index is 243. The lowest BCUT2D eigenvalue weighted by Gasteiger charge is -2.05. The molecule has 0 N–H and O–H groups in total. The minimum absolute atomic E-state index is 0.739. The molecule has 0 aliphatic carbocycles. The third kappa shape index (κ3) is 3.11. The van der Waals surface area contributed by atoms with Crippen molar-refractivity contribution < 1.29 is 0 Å². The summed E-state index contributed by atoms with van der Waals surface area (Å²) in [5.74, 6) is 1.90. The van der Waals surface area contributed by atoms with Gasteiger partial charge in [-0.3, -0.25) is 0 Å². The second-order valence-electron chi connectivity index (χ2n) is 3.17. The van der Waals surface area contributed by atoms with Gasteiger partial charge in [0.15, 0.2) is 0 Å². The van der Waals surface area contributed by atoms with E-state index in [1.165, 1.54) is 4.90 Å². The first kappa shape index (κ1) is 10.0. The molecular formula is C10H14S2. The molecule has 0 aliphatic heterocycles. The van der Waals surface area contributed by atoms with Gasteiger partial charge in [-0.05, 0) is 18.1 Å². The van der Waals surface area contributed by atoms with Gasteiger partial charge in [-0.15, -0.1) is 24.4 Å². The van der Waals surface area contributed by atoms with Gasteiger partial charge in [-0.2, -0.15) is 0 Å². The van der Waals surface area contributed by atoms with E-state index in [1.807, 2.05) is 23.9 Å². The van der Waals surface area contributed by atoms with Gasteiger partial charge in [0.1, 0.15) is 0 Å². The van der Waals surface area contributed by atoms with Crippen LogP contribution in [0.4, 0.5) is 0 Å². The van der Waals surface area contributed by atoms with Crippen molar-refractivity contribution in [1.29, 1.82) is 0 Å². The van der Waals surface area contributed by atoms with Crippen molar-refractivity contribution in [3.63, 3.8) is 0 Å². The Kier molecular flexibility index (Phi) is 4.02. The molecule has 0 spiro atoms. The van der Waals surface area contributed by atoms with E-state index in [9.17, 15) is 0 Å². The van der Waals surface area contributed by atoms with E-state index in [4.69, 9.17) is 0 Å². The maximum atomic E-state index is 4.38. The van der Waals surface area contributed by atoms with Crippen LogP contribution in [0.25, 0.3) is 0 Å². The molecule has 1 aromatic carbocycles. The van der Waals surface area contributed by atoms with Gasteiger partial charge >= 0.3 is 0 Å². The topological polar surface area (TPSA) is 0 Å². The number of thioether (sulfide) groups is 1. The van der Waals surface area contributed by atoms with Crippen molar-refractivity contribution in [2.45, 2.75) is 23.6 Å². The lowest BCUT2D eigenvalue weighted by molar-refractivity contribution is 0.750. The Hall–Kier alpha value is -0.0800. The number of rotatable bonds is 3. The standard InChI is InChI=1S/C10H14S2/c1-8(2)7-12-10-6-4-3-5-9(10)11/h3-6,8,11H,7H2,1-2H3. The smallest absolute Gasteiger partial charge is 0.0205 e. The van der Waals surface area contributed by atoms with Gasteiger partial charge < -0.3 is 0 Å². The van der Waals surface area contributed by atoms with E-state index in [1.54, 1.807) is 0 Å². The molecule has 66 valence electrons. The van der Waals surface area contributed by atoms with Crippen LogP contribution in [0.5, 0.6) is 0 Å². The van der Waals surface area contributed by atoms with Crippen LogP contribution < -0.4 is 0 Å². The molecule has 0 saturated heterocycles. The minimum atomic E-state index is 0.739. The fourth-order valence-corrected chi connectivity index (χ4v) is 2.09. The van der Waals surface area contributed by atoms with E-state index in [0.717, 1.165) is 16.6 Å². The molecule has 0 radical (unpaired) electrons.